The summed E-state index contributed by atoms with van der Waals surface area (Å²) in [7, 11) is 1.53. The van der Waals surface area contributed by atoms with E-state index in [1.165, 1.54) is 7.05 Å². The van der Waals surface area contributed by atoms with E-state index in [0.29, 0.717) is 22.2 Å². The number of aromatic nitrogens is 3. The van der Waals surface area contributed by atoms with E-state index in [1.807, 2.05) is 0 Å². The molecule has 0 saturated carbocycles. The summed E-state index contributed by atoms with van der Waals surface area (Å²) in [6.07, 6.45) is 0. The fourth-order valence-electron chi connectivity index (χ4n) is 2.33. The van der Waals surface area contributed by atoms with Crippen LogP contribution in [0.4, 0.5) is 16.2 Å². The van der Waals surface area contributed by atoms with Gasteiger partial charge < -0.3 is 16.0 Å². The number of urea groups is 1. The van der Waals surface area contributed by atoms with Gasteiger partial charge in [-0.3, -0.25) is 4.79 Å². The second-order valence-electron chi connectivity index (χ2n) is 5.61. The average molecular weight is 385 g/mol. The standard InChI is InChI=1S/C18H17ClN6O2/c1-11-21-16(24-25(11)15-9-3-12(19)4-10-15)17(26)22-13-5-7-14(8-6-13)23-18(27)20-2/h3-10H,1-2H3,(H,22,26)(H2,20,23,27). The van der Waals surface area contributed by atoms with Crippen LogP contribution in [0.3, 0.4) is 0 Å². The smallest absolute Gasteiger partial charge is 0.318 e. The fraction of sp³-hybridized carbons (Fsp3) is 0.111. The van der Waals surface area contributed by atoms with Crippen molar-refractivity contribution >= 4 is 34.9 Å². The quantitative estimate of drug-likeness (QED) is 0.642. The van der Waals surface area contributed by atoms with E-state index in [9.17, 15) is 9.59 Å². The monoisotopic (exact) mass is 384 g/mol. The summed E-state index contributed by atoms with van der Waals surface area (Å²) in [5.74, 6) is 0.195. The second-order valence-corrected chi connectivity index (χ2v) is 6.04. The van der Waals surface area contributed by atoms with E-state index >= 15 is 0 Å². The lowest BCUT2D eigenvalue weighted by Gasteiger charge is -2.06. The lowest BCUT2D eigenvalue weighted by atomic mass is 10.3. The Labute approximate surface area is 160 Å². The van der Waals surface area contributed by atoms with Gasteiger partial charge in [-0.05, 0) is 55.5 Å². The molecule has 0 unspecified atom stereocenters. The Morgan fingerprint density at radius 1 is 0.963 bits per heavy atom. The molecule has 0 saturated heterocycles. The summed E-state index contributed by atoms with van der Waals surface area (Å²) in [5, 5.41) is 12.7. The number of hydrogen-bond donors (Lipinski definition) is 3. The van der Waals surface area contributed by atoms with Crippen molar-refractivity contribution in [3.05, 3.63) is 65.2 Å². The van der Waals surface area contributed by atoms with Crippen molar-refractivity contribution < 1.29 is 9.59 Å². The Bertz CT molecular complexity index is 967. The Balaban J connectivity index is 1.72. The van der Waals surface area contributed by atoms with Crippen LogP contribution in [-0.4, -0.2) is 33.8 Å². The maximum atomic E-state index is 12.4. The van der Waals surface area contributed by atoms with Crippen LogP contribution in [0.25, 0.3) is 5.69 Å². The number of anilines is 2. The Morgan fingerprint density at radius 3 is 2.15 bits per heavy atom. The SMILES string of the molecule is CNC(=O)Nc1ccc(NC(=O)c2nc(C)n(-c3ccc(Cl)cc3)n2)cc1. The Hall–Kier alpha value is -3.39. The van der Waals surface area contributed by atoms with Crippen molar-refractivity contribution in [2.24, 2.45) is 0 Å². The fourth-order valence-corrected chi connectivity index (χ4v) is 2.46. The normalized spacial score (nSPS) is 10.3. The van der Waals surface area contributed by atoms with Gasteiger partial charge in [0, 0.05) is 23.4 Å². The Morgan fingerprint density at radius 2 is 1.56 bits per heavy atom. The van der Waals surface area contributed by atoms with Gasteiger partial charge >= 0.3 is 6.03 Å². The minimum atomic E-state index is -0.433. The first-order chi connectivity index (χ1) is 13.0. The zero-order valence-corrected chi connectivity index (χ0v) is 15.4. The number of hydrogen-bond acceptors (Lipinski definition) is 4. The highest BCUT2D eigenvalue weighted by Crippen LogP contribution is 2.16. The summed E-state index contributed by atoms with van der Waals surface area (Å²) in [6.45, 7) is 1.76. The molecule has 0 fully saturated rings. The van der Waals surface area contributed by atoms with E-state index in [2.05, 4.69) is 26.0 Å². The van der Waals surface area contributed by atoms with Crippen molar-refractivity contribution in [1.82, 2.24) is 20.1 Å². The molecule has 3 aromatic rings. The van der Waals surface area contributed by atoms with Gasteiger partial charge in [-0.1, -0.05) is 11.6 Å². The molecule has 8 nitrogen and oxygen atoms in total. The maximum absolute atomic E-state index is 12.4. The van der Waals surface area contributed by atoms with E-state index in [-0.39, 0.29) is 11.9 Å². The molecule has 3 rings (SSSR count). The molecular formula is C18H17ClN6O2. The molecule has 27 heavy (non-hydrogen) atoms. The zero-order valence-electron chi connectivity index (χ0n) is 14.7. The lowest BCUT2D eigenvalue weighted by molar-refractivity contribution is 0.101. The van der Waals surface area contributed by atoms with Crippen LogP contribution in [0.1, 0.15) is 16.4 Å². The van der Waals surface area contributed by atoms with Crippen molar-refractivity contribution in [3.8, 4) is 5.69 Å². The van der Waals surface area contributed by atoms with Gasteiger partial charge in [-0.2, -0.15) is 0 Å². The van der Waals surface area contributed by atoms with Crippen LogP contribution >= 0.6 is 11.6 Å². The van der Waals surface area contributed by atoms with Gasteiger partial charge in [0.15, 0.2) is 0 Å². The molecule has 0 bridgehead atoms. The number of rotatable bonds is 4. The van der Waals surface area contributed by atoms with Crippen molar-refractivity contribution in [2.75, 3.05) is 17.7 Å². The van der Waals surface area contributed by atoms with Crippen LogP contribution in [0.2, 0.25) is 5.02 Å². The number of carbonyl (C=O) groups excluding carboxylic acids is 2. The minimum Gasteiger partial charge on any atom is -0.341 e. The third-order valence-corrected chi connectivity index (χ3v) is 3.92. The van der Waals surface area contributed by atoms with Gasteiger partial charge in [0.05, 0.1) is 5.69 Å². The molecule has 1 aromatic heterocycles. The number of benzene rings is 2. The van der Waals surface area contributed by atoms with E-state index in [1.54, 1.807) is 60.1 Å². The van der Waals surface area contributed by atoms with Crippen LogP contribution in [0.15, 0.2) is 48.5 Å². The molecule has 3 amide bonds. The number of halogens is 1. The van der Waals surface area contributed by atoms with Gasteiger partial charge in [0.2, 0.25) is 5.82 Å². The summed E-state index contributed by atoms with van der Waals surface area (Å²) in [6, 6.07) is 13.5. The predicted molar refractivity (Wildman–Crippen MR) is 104 cm³/mol. The summed E-state index contributed by atoms with van der Waals surface area (Å²) >= 11 is 5.90. The van der Waals surface area contributed by atoms with Crippen LogP contribution in [0, 0.1) is 6.92 Å². The van der Waals surface area contributed by atoms with E-state index in [4.69, 9.17) is 11.6 Å². The highest BCUT2D eigenvalue weighted by atomic mass is 35.5. The molecule has 0 aliphatic carbocycles. The minimum absolute atomic E-state index is 0.0509. The largest absolute Gasteiger partial charge is 0.341 e. The number of nitrogens with zero attached hydrogens (tertiary/aromatic N) is 3. The Kier molecular flexibility index (Phi) is 5.37. The molecule has 3 N–H and O–H groups in total. The molecule has 9 heteroatoms. The summed E-state index contributed by atoms with van der Waals surface area (Å²) < 4.78 is 1.57. The van der Waals surface area contributed by atoms with Crippen molar-refractivity contribution in [2.45, 2.75) is 6.92 Å². The molecule has 2 aromatic carbocycles. The van der Waals surface area contributed by atoms with Gasteiger partial charge in [0.1, 0.15) is 5.82 Å². The molecule has 138 valence electrons. The molecule has 1 heterocycles. The molecule has 0 aliphatic rings. The third kappa shape index (κ3) is 4.42. The third-order valence-electron chi connectivity index (χ3n) is 3.67. The second kappa shape index (κ2) is 7.88. The van der Waals surface area contributed by atoms with Gasteiger partial charge in [-0.15, -0.1) is 5.10 Å². The van der Waals surface area contributed by atoms with E-state index in [0.717, 1.165) is 5.69 Å². The molecular weight excluding hydrogens is 368 g/mol. The first-order valence-electron chi connectivity index (χ1n) is 8.06. The van der Waals surface area contributed by atoms with Gasteiger partial charge in [-0.25, -0.2) is 14.5 Å². The molecule has 0 atom stereocenters. The number of carbonyl (C=O) groups is 2. The first kappa shape index (κ1) is 18.4. The molecule has 0 aliphatic heterocycles. The summed E-state index contributed by atoms with van der Waals surface area (Å²) in [4.78, 5) is 27.9. The van der Waals surface area contributed by atoms with Crippen LogP contribution in [0.5, 0.6) is 0 Å². The first-order valence-corrected chi connectivity index (χ1v) is 8.44. The van der Waals surface area contributed by atoms with Crippen molar-refractivity contribution in [3.63, 3.8) is 0 Å². The maximum Gasteiger partial charge on any atom is 0.318 e. The molecule has 0 radical (unpaired) electrons. The predicted octanol–water partition coefficient (Wildman–Crippen LogP) is 3.23. The highest BCUT2D eigenvalue weighted by Gasteiger charge is 2.15. The number of amides is 3. The van der Waals surface area contributed by atoms with Crippen LogP contribution < -0.4 is 16.0 Å². The zero-order chi connectivity index (χ0) is 19.4. The highest BCUT2D eigenvalue weighted by molar-refractivity contribution is 6.30. The van der Waals surface area contributed by atoms with Crippen molar-refractivity contribution in [1.29, 1.82) is 0 Å². The average Bonchev–Trinajstić information content (AvgIpc) is 3.06. The van der Waals surface area contributed by atoms with E-state index < -0.39 is 5.91 Å². The van der Waals surface area contributed by atoms with Crippen LogP contribution in [-0.2, 0) is 0 Å². The topological polar surface area (TPSA) is 101 Å². The van der Waals surface area contributed by atoms with Gasteiger partial charge in [0.25, 0.3) is 5.91 Å². The summed E-state index contributed by atoms with van der Waals surface area (Å²) in [5.41, 5.74) is 1.92. The lowest BCUT2D eigenvalue weighted by Crippen LogP contribution is -2.24. The molecule has 0 spiro atoms. The number of aryl methyl sites for hydroxylation is 1. The number of nitrogens with one attached hydrogen (secondary N) is 3.